The minimum absolute atomic E-state index is 0.0495. The molecule has 0 saturated carbocycles. The first-order valence-electron chi connectivity index (χ1n) is 12.6. The van der Waals surface area contributed by atoms with Crippen molar-refractivity contribution in [2.45, 2.75) is 0 Å². The van der Waals surface area contributed by atoms with Gasteiger partial charge in [-0.15, -0.1) is 0 Å². The summed E-state index contributed by atoms with van der Waals surface area (Å²) in [6, 6.07) is 34.3. The SMILES string of the molecule is [B]1B2[B-]P12(N=[P+]1B2[B-]B21)c1cccc(B2c3ccccc3-n3c4ccccc4c4cccc2c43)c1. The molecule has 1 aromatic heterocycles. The fraction of sp³-hybridized carbons (Fsp3) is 0. The second kappa shape index (κ2) is 5.80. The number of benzene rings is 4. The first-order chi connectivity index (χ1) is 17.3. The molecule has 0 spiro atoms. The minimum atomic E-state index is -2.13. The maximum absolute atomic E-state index is 5.62. The average molecular weight is 469 g/mol. The molecular weight excluding hydrogens is 454 g/mol. The molecule has 0 atom stereocenters. The van der Waals surface area contributed by atoms with E-state index in [0.29, 0.717) is 6.21 Å². The molecule has 5 aliphatic heterocycles. The molecule has 5 aromatic rings. The summed E-state index contributed by atoms with van der Waals surface area (Å²) in [5.41, 5.74) is 8.19. The van der Waals surface area contributed by atoms with E-state index in [2.05, 4.69) is 116 Å². The van der Waals surface area contributed by atoms with E-state index in [1.165, 1.54) is 49.2 Å². The molecule has 4 aromatic carbocycles. The molecule has 4 fully saturated rings. The van der Waals surface area contributed by atoms with Gasteiger partial charge in [0.25, 0.3) is 0 Å². The van der Waals surface area contributed by atoms with Gasteiger partial charge in [-0.25, -0.2) is 0 Å². The third kappa shape index (κ3) is 2.16. The Hall–Kier alpha value is -2.34. The Morgan fingerprint density at radius 1 is 0.829 bits per heavy atom. The van der Waals surface area contributed by atoms with E-state index in [0.717, 1.165) is 12.4 Å². The molecular formula is C24H15B7N2P2-. The van der Waals surface area contributed by atoms with Gasteiger partial charge >= 0.3 is 209 Å². The van der Waals surface area contributed by atoms with Gasteiger partial charge in [0.05, 0.1) is 0 Å². The van der Waals surface area contributed by atoms with Gasteiger partial charge in [0, 0.05) is 0 Å². The van der Waals surface area contributed by atoms with Crippen molar-refractivity contribution >= 4 is 104 Å². The zero-order valence-electron chi connectivity index (χ0n) is 19.0. The predicted molar refractivity (Wildman–Crippen MR) is 162 cm³/mol. The van der Waals surface area contributed by atoms with E-state index in [1.54, 1.807) is 0 Å². The van der Waals surface area contributed by atoms with Crippen molar-refractivity contribution in [2.24, 2.45) is 4.52 Å². The normalized spacial score (nSPS) is 21.5. The Balaban J connectivity index is 1.24. The van der Waals surface area contributed by atoms with Crippen LogP contribution in [0.4, 0.5) is 0 Å². The standard InChI is InChI=1S/C24H15B7N2P2/c1-3-13-22-18(9-1)19-10-6-12-21-24(19)33(22)23-14-4-2-11-20(23)28(21)16-7-5-8-17(15-16)35(26-29(35)27-35)32-34-30-25-31(30)34/h1-15H/q-1. The third-order valence-corrected chi connectivity index (χ3v) is 17.5. The van der Waals surface area contributed by atoms with Crippen molar-refractivity contribution < 1.29 is 0 Å². The Kier molecular flexibility index (Phi) is 3.13. The van der Waals surface area contributed by atoms with Crippen LogP contribution in [-0.2, 0) is 0 Å². The summed E-state index contributed by atoms with van der Waals surface area (Å²) in [7, 11) is 2.44. The average Bonchev–Trinajstić information content (AvgIpc) is 3.80. The van der Waals surface area contributed by atoms with E-state index in [4.69, 9.17) is 4.52 Å². The van der Waals surface area contributed by atoms with Crippen molar-refractivity contribution in [3.63, 3.8) is 0 Å². The van der Waals surface area contributed by atoms with Crippen LogP contribution in [0.5, 0.6) is 0 Å². The topological polar surface area (TPSA) is 17.3 Å². The van der Waals surface area contributed by atoms with Gasteiger partial charge < -0.3 is 0 Å². The Morgan fingerprint density at radius 3 is 2.40 bits per heavy atom. The molecule has 0 bridgehead atoms. The molecule has 153 valence electrons. The molecule has 0 amide bonds. The quantitative estimate of drug-likeness (QED) is 0.280. The van der Waals surface area contributed by atoms with Crippen molar-refractivity contribution in [3.8, 4) is 5.69 Å². The van der Waals surface area contributed by atoms with Gasteiger partial charge in [-0.2, -0.15) is 0 Å². The molecule has 35 heavy (non-hydrogen) atoms. The Bertz CT molecular complexity index is 1850. The molecule has 0 unspecified atom stereocenters. The predicted octanol–water partition coefficient (Wildman–Crippen LogP) is 2.41. The van der Waals surface area contributed by atoms with Crippen LogP contribution in [0, 0.1) is 0 Å². The summed E-state index contributed by atoms with van der Waals surface area (Å²) in [5, 5.41) is 4.20. The van der Waals surface area contributed by atoms with Crippen LogP contribution >= 0.6 is 13.9 Å². The molecule has 2 nitrogen and oxygen atoms in total. The monoisotopic (exact) mass is 470 g/mol. The molecule has 0 N–H and O–H groups in total. The van der Waals surface area contributed by atoms with Crippen LogP contribution in [0.25, 0.3) is 27.5 Å². The van der Waals surface area contributed by atoms with Gasteiger partial charge in [0.2, 0.25) is 0 Å². The Morgan fingerprint density at radius 2 is 1.57 bits per heavy atom. The summed E-state index contributed by atoms with van der Waals surface area (Å²) in [5.74, 6) is 0. The van der Waals surface area contributed by atoms with Gasteiger partial charge in [-0.05, 0) is 0 Å². The summed E-state index contributed by atoms with van der Waals surface area (Å²) >= 11 is 0. The number of para-hydroxylation sites is 3. The van der Waals surface area contributed by atoms with Crippen LogP contribution in [0.15, 0.2) is 95.5 Å². The van der Waals surface area contributed by atoms with Crippen LogP contribution < -0.4 is 21.7 Å². The number of hydrogen-bond donors (Lipinski definition) is 0. The van der Waals surface area contributed by atoms with E-state index >= 15 is 0 Å². The fourth-order valence-corrected chi connectivity index (χ4v) is 16.0. The van der Waals surface area contributed by atoms with E-state index in [1.807, 2.05) is 0 Å². The number of aromatic nitrogens is 1. The molecule has 0 aliphatic carbocycles. The van der Waals surface area contributed by atoms with E-state index in [-0.39, 0.29) is 14.2 Å². The summed E-state index contributed by atoms with van der Waals surface area (Å²) in [6.45, 7) is 5.45. The van der Waals surface area contributed by atoms with Crippen LogP contribution in [0.1, 0.15) is 0 Å². The molecule has 11 heteroatoms. The fourth-order valence-electron chi connectivity index (χ4n) is 6.88. The molecule has 4 saturated heterocycles. The zero-order valence-corrected chi connectivity index (χ0v) is 20.8. The van der Waals surface area contributed by atoms with Gasteiger partial charge in [0.15, 0.2) is 0 Å². The van der Waals surface area contributed by atoms with Crippen molar-refractivity contribution in [2.75, 3.05) is 0 Å². The third-order valence-electron chi connectivity index (χ3n) is 9.10. The van der Waals surface area contributed by atoms with Crippen molar-refractivity contribution in [1.29, 1.82) is 0 Å². The van der Waals surface area contributed by atoms with E-state index < -0.39 is 6.39 Å². The molecule has 10 rings (SSSR count). The van der Waals surface area contributed by atoms with Gasteiger partial charge in [0.1, 0.15) is 0 Å². The van der Waals surface area contributed by atoms with E-state index in [9.17, 15) is 0 Å². The number of rotatable bonds is 3. The summed E-state index contributed by atoms with van der Waals surface area (Å²) < 4.78 is 8.12. The van der Waals surface area contributed by atoms with Gasteiger partial charge in [-0.1, -0.05) is 0 Å². The Labute approximate surface area is 208 Å². The second-order valence-corrected chi connectivity index (χ2v) is 17.8. The summed E-state index contributed by atoms with van der Waals surface area (Å²) in [4.78, 5) is 0. The molecule has 6 heterocycles. The number of hydrogen-bond acceptors (Lipinski definition) is 1. The van der Waals surface area contributed by atoms with Crippen molar-refractivity contribution in [3.05, 3.63) is 91.0 Å². The number of fused-ring (bicyclic) bond motifs is 7. The first-order valence-corrected chi connectivity index (χ1v) is 16.4. The van der Waals surface area contributed by atoms with Gasteiger partial charge in [-0.3, -0.25) is 0 Å². The molecule has 5 radical (unpaired) electrons. The summed E-state index contributed by atoms with van der Waals surface area (Å²) in [6.07, 6.45) is 0.298. The van der Waals surface area contributed by atoms with Crippen LogP contribution in [0.3, 0.4) is 0 Å². The number of nitrogens with zero attached hydrogens (tertiary/aromatic N) is 2. The van der Waals surface area contributed by atoms with Crippen molar-refractivity contribution in [1.82, 2.24) is 4.57 Å². The molecule has 5 aliphatic rings. The zero-order chi connectivity index (χ0) is 22.5. The van der Waals surface area contributed by atoms with Crippen LogP contribution in [-0.4, -0.2) is 50.8 Å². The first kappa shape index (κ1) is 18.9. The maximum atomic E-state index is 5.62. The second-order valence-electron chi connectivity index (χ2n) is 10.9. The van der Waals surface area contributed by atoms with Crippen LogP contribution in [0.2, 0.25) is 0 Å².